The highest BCUT2D eigenvalue weighted by molar-refractivity contribution is 9.14. The number of hydrogen-bond donors (Lipinski definition) is 1. The van der Waals surface area contributed by atoms with Crippen molar-refractivity contribution in [2.75, 3.05) is 0 Å². The maximum Gasteiger partial charge on any atom is 0.0874 e. The van der Waals surface area contributed by atoms with Crippen LogP contribution in [0.15, 0.2) is 21.1 Å². The van der Waals surface area contributed by atoms with Gasteiger partial charge in [0.25, 0.3) is 0 Å². The average molecular weight is 282 g/mol. The number of aliphatic hydroxyl groups is 1. The van der Waals surface area contributed by atoms with Crippen LogP contribution in [0.5, 0.6) is 0 Å². The van der Waals surface area contributed by atoms with Gasteiger partial charge in [0.05, 0.1) is 5.60 Å². The lowest BCUT2D eigenvalue weighted by Crippen LogP contribution is -2.32. The molecule has 0 aliphatic heterocycles. The number of halogens is 2. The summed E-state index contributed by atoms with van der Waals surface area (Å²) in [5.41, 5.74) is -0.726. The van der Waals surface area contributed by atoms with Crippen molar-refractivity contribution in [3.8, 4) is 0 Å². The molecule has 1 rings (SSSR count). The Morgan fingerprint density at radius 2 is 2.09 bits per heavy atom. The van der Waals surface area contributed by atoms with Gasteiger partial charge in [-0.2, -0.15) is 0 Å². The zero-order valence-electron chi connectivity index (χ0n) is 6.44. The van der Waals surface area contributed by atoms with Crippen molar-refractivity contribution in [1.29, 1.82) is 0 Å². The summed E-state index contributed by atoms with van der Waals surface area (Å²) in [5, 5.41) is 9.76. The fourth-order valence-corrected chi connectivity index (χ4v) is 2.00. The summed E-state index contributed by atoms with van der Waals surface area (Å²) in [6, 6.07) is 0. The summed E-state index contributed by atoms with van der Waals surface area (Å²) in [4.78, 5) is 0. The first-order valence-corrected chi connectivity index (χ1v) is 5.00. The third-order valence-corrected chi connectivity index (χ3v) is 4.39. The van der Waals surface area contributed by atoms with Crippen molar-refractivity contribution in [2.45, 2.75) is 19.4 Å². The van der Waals surface area contributed by atoms with Crippen LogP contribution in [0.4, 0.5) is 0 Å². The molecule has 1 nitrogen and oxygen atoms in total. The molecule has 1 aliphatic rings. The highest BCUT2D eigenvalue weighted by Gasteiger charge is 2.31. The molecule has 0 saturated heterocycles. The van der Waals surface area contributed by atoms with Gasteiger partial charge in [0, 0.05) is 14.9 Å². The zero-order chi connectivity index (χ0) is 8.65. The molecule has 0 bridgehead atoms. The largest absolute Gasteiger partial charge is 0.385 e. The molecule has 3 heteroatoms. The molecule has 0 saturated carbocycles. The van der Waals surface area contributed by atoms with E-state index in [1.54, 1.807) is 13.0 Å². The minimum absolute atomic E-state index is 0.113. The first kappa shape index (κ1) is 9.49. The summed E-state index contributed by atoms with van der Waals surface area (Å²) in [6.07, 6.45) is 3.66. The summed E-state index contributed by atoms with van der Waals surface area (Å²) in [7, 11) is 0. The summed E-state index contributed by atoms with van der Waals surface area (Å²) in [5.74, 6) is 0.113. The van der Waals surface area contributed by atoms with Crippen LogP contribution in [0.2, 0.25) is 0 Å². The molecule has 2 unspecified atom stereocenters. The predicted molar refractivity (Wildman–Crippen MR) is 53.8 cm³/mol. The monoisotopic (exact) mass is 280 g/mol. The van der Waals surface area contributed by atoms with Gasteiger partial charge in [0.2, 0.25) is 0 Å². The maximum absolute atomic E-state index is 9.76. The van der Waals surface area contributed by atoms with Gasteiger partial charge in [0.1, 0.15) is 0 Å². The quantitative estimate of drug-likeness (QED) is 0.724. The molecule has 0 amide bonds. The van der Waals surface area contributed by atoms with Crippen LogP contribution in [-0.4, -0.2) is 10.7 Å². The van der Waals surface area contributed by atoms with E-state index in [2.05, 4.69) is 31.9 Å². The first-order chi connectivity index (χ1) is 4.95. The molecule has 0 spiro atoms. The lowest BCUT2D eigenvalue weighted by molar-refractivity contribution is 0.0717. The van der Waals surface area contributed by atoms with Crippen LogP contribution in [0.1, 0.15) is 13.8 Å². The Morgan fingerprint density at radius 1 is 1.55 bits per heavy atom. The van der Waals surface area contributed by atoms with Crippen molar-refractivity contribution in [3.63, 3.8) is 0 Å². The lowest BCUT2D eigenvalue weighted by Gasteiger charge is -2.30. The standard InChI is InChI=1S/C8H10Br2O/c1-5-7(10)6(9)3-4-8(5,2)11/h3-5,11H,1-2H3. The molecule has 1 N–H and O–H groups in total. The molecule has 0 heterocycles. The zero-order valence-corrected chi connectivity index (χ0v) is 9.61. The van der Waals surface area contributed by atoms with Gasteiger partial charge in [0.15, 0.2) is 0 Å². The Bertz CT molecular complexity index is 228. The molecule has 0 aromatic heterocycles. The van der Waals surface area contributed by atoms with Gasteiger partial charge in [-0.1, -0.05) is 28.9 Å². The van der Waals surface area contributed by atoms with Crippen LogP contribution >= 0.6 is 31.9 Å². The SMILES string of the molecule is CC1C(Br)=C(Br)C=CC1(C)O. The highest BCUT2D eigenvalue weighted by Crippen LogP contribution is 2.38. The molecule has 1 aliphatic carbocycles. The molecule has 0 fully saturated rings. The highest BCUT2D eigenvalue weighted by atomic mass is 79.9. The van der Waals surface area contributed by atoms with Gasteiger partial charge in [-0.05, 0) is 28.9 Å². The predicted octanol–water partition coefficient (Wildman–Crippen LogP) is 2.94. The second kappa shape index (κ2) is 3.04. The Labute approximate surface area is 83.4 Å². The fourth-order valence-electron chi connectivity index (χ4n) is 0.929. The molecular weight excluding hydrogens is 272 g/mol. The van der Waals surface area contributed by atoms with Gasteiger partial charge in [-0.3, -0.25) is 0 Å². The van der Waals surface area contributed by atoms with Crippen molar-refractivity contribution >= 4 is 31.9 Å². The van der Waals surface area contributed by atoms with Crippen molar-refractivity contribution < 1.29 is 5.11 Å². The number of hydrogen-bond acceptors (Lipinski definition) is 1. The third kappa shape index (κ3) is 1.76. The maximum atomic E-state index is 9.76. The first-order valence-electron chi connectivity index (χ1n) is 3.42. The van der Waals surface area contributed by atoms with Crippen molar-refractivity contribution in [2.24, 2.45) is 5.92 Å². The molecule has 2 atom stereocenters. The Hall–Kier alpha value is 0.400. The van der Waals surface area contributed by atoms with Gasteiger partial charge in [-0.25, -0.2) is 0 Å². The molecule has 0 aromatic rings. The Kier molecular flexibility index (Phi) is 2.62. The number of rotatable bonds is 0. The fraction of sp³-hybridized carbons (Fsp3) is 0.500. The topological polar surface area (TPSA) is 20.2 Å². The second-order valence-electron chi connectivity index (χ2n) is 2.98. The van der Waals surface area contributed by atoms with E-state index in [4.69, 9.17) is 0 Å². The van der Waals surface area contributed by atoms with E-state index in [1.807, 2.05) is 13.0 Å². The molecular formula is C8H10Br2O. The molecule has 0 aromatic carbocycles. The van der Waals surface area contributed by atoms with E-state index in [-0.39, 0.29) is 5.92 Å². The minimum atomic E-state index is -0.726. The van der Waals surface area contributed by atoms with E-state index >= 15 is 0 Å². The third-order valence-electron chi connectivity index (χ3n) is 2.05. The molecule has 62 valence electrons. The van der Waals surface area contributed by atoms with Crippen molar-refractivity contribution in [3.05, 3.63) is 21.1 Å². The molecule has 0 radical (unpaired) electrons. The van der Waals surface area contributed by atoms with Crippen LogP contribution in [0, 0.1) is 5.92 Å². The van der Waals surface area contributed by atoms with Crippen molar-refractivity contribution in [1.82, 2.24) is 0 Å². The number of allylic oxidation sites excluding steroid dienone is 2. The Balaban J connectivity index is 3.01. The summed E-state index contributed by atoms with van der Waals surface area (Å²) in [6.45, 7) is 3.78. The normalized spacial score (nSPS) is 38.1. The van der Waals surface area contributed by atoms with Crippen LogP contribution in [-0.2, 0) is 0 Å². The molecule has 11 heavy (non-hydrogen) atoms. The van der Waals surface area contributed by atoms with E-state index in [9.17, 15) is 5.11 Å². The van der Waals surface area contributed by atoms with E-state index in [0.717, 1.165) is 8.96 Å². The lowest BCUT2D eigenvalue weighted by atomic mass is 9.87. The summed E-state index contributed by atoms with van der Waals surface area (Å²) >= 11 is 6.80. The van der Waals surface area contributed by atoms with Gasteiger partial charge in [-0.15, -0.1) is 0 Å². The van der Waals surface area contributed by atoms with Crippen LogP contribution < -0.4 is 0 Å². The van der Waals surface area contributed by atoms with E-state index in [0.29, 0.717) is 0 Å². The van der Waals surface area contributed by atoms with E-state index < -0.39 is 5.60 Å². The van der Waals surface area contributed by atoms with Gasteiger partial charge < -0.3 is 5.11 Å². The smallest absolute Gasteiger partial charge is 0.0874 e. The second-order valence-corrected chi connectivity index (χ2v) is 4.69. The van der Waals surface area contributed by atoms with E-state index in [1.165, 1.54) is 0 Å². The van der Waals surface area contributed by atoms with Gasteiger partial charge >= 0.3 is 0 Å². The van der Waals surface area contributed by atoms with Crippen LogP contribution in [0.3, 0.4) is 0 Å². The average Bonchev–Trinajstić information content (AvgIpc) is 1.95. The van der Waals surface area contributed by atoms with Crippen LogP contribution in [0.25, 0.3) is 0 Å². The summed E-state index contributed by atoms with van der Waals surface area (Å²) < 4.78 is 2.03. The Morgan fingerprint density at radius 3 is 2.55 bits per heavy atom. The minimum Gasteiger partial charge on any atom is -0.385 e.